The Morgan fingerprint density at radius 3 is 0.764 bits per heavy atom. The Balaban J connectivity index is 5.25. The standard InChI is InChI=1S/C70H136O17P2/c1-7-9-11-13-15-17-19-20-21-30-36-42-48-54-69(74)86-65(58-80-67(72)52-46-40-34-28-18-16-14-12-10-8-2)60-84-88(76,77)82-56-64(71)57-83-89(78,79)85-61-66(87-70(75)55-49-43-37-31-25-23-27-33-39-45-51-63(5)6)59-81-68(73)53-47-41-35-29-24-22-26-32-38-44-50-62(3)4/h62-66,71H,7-61H2,1-6H3,(H,76,77)(H,78,79)/t64-,65+,66+/m0/s1. The van der Waals surface area contributed by atoms with Gasteiger partial charge in [-0.3, -0.25) is 37.3 Å². The number of unbranched alkanes of at least 4 members (excludes halogenated alkanes) is 39. The van der Waals surface area contributed by atoms with Crippen molar-refractivity contribution in [1.82, 2.24) is 0 Å². The van der Waals surface area contributed by atoms with Gasteiger partial charge in [0.2, 0.25) is 0 Å². The summed E-state index contributed by atoms with van der Waals surface area (Å²) in [5.41, 5.74) is 0. The lowest BCUT2D eigenvalue weighted by Gasteiger charge is -2.21. The molecule has 0 heterocycles. The van der Waals surface area contributed by atoms with E-state index in [-0.39, 0.29) is 25.7 Å². The topological polar surface area (TPSA) is 237 Å². The van der Waals surface area contributed by atoms with Crippen molar-refractivity contribution in [2.45, 2.75) is 374 Å². The van der Waals surface area contributed by atoms with E-state index < -0.39 is 97.5 Å². The van der Waals surface area contributed by atoms with E-state index in [2.05, 4.69) is 41.5 Å². The lowest BCUT2D eigenvalue weighted by atomic mass is 10.0. The van der Waals surface area contributed by atoms with Crippen molar-refractivity contribution in [2.75, 3.05) is 39.6 Å². The Kier molecular flexibility index (Phi) is 60.8. The van der Waals surface area contributed by atoms with Gasteiger partial charge in [-0.2, -0.15) is 0 Å². The highest BCUT2D eigenvalue weighted by molar-refractivity contribution is 7.47. The molecule has 0 saturated heterocycles. The van der Waals surface area contributed by atoms with Crippen LogP contribution in [0, 0.1) is 11.8 Å². The number of carbonyl (C=O) groups is 4. The van der Waals surface area contributed by atoms with Gasteiger partial charge in [-0.25, -0.2) is 9.13 Å². The Bertz CT molecular complexity index is 1730. The molecule has 0 fully saturated rings. The number of aliphatic hydroxyl groups excluding tert-OH is 1. The van der Waals surface area contributed by atoms with Gasteiger partial charge in [0.1, 0.15) is 19.3 Å². The van der Waals surface area contributed by atoms with E-state index >= 15 is 0 Å². The van der Waals surface area contributed by atoms with Crippen LogP contribution in [0.3, 0.4) is 0 Å². The monoisotopic (exact) mass is 1310 g/mol. The van der Waals surface area contributed by atoms with Gasteiger partial charge in [-0.05, 0) is 37.5 Å². The molecule has 2 unspecified atom stereocenters. The second kappa shape index (κ2) is 62.2. The number of phosphoric ester groups is 2. The van der Waals surface area contributed by atoms with Crippen molar-refractivity contribution in [2.24, 2.45) is 11.8 Å². The lowest BCUT2D eigenvalue weighted by Crippen LogP contribution is -2.30. The van der Waals surface area contributed by atoms with E-state index in [0.717, 1.165) is 102 Å². The summed E-state index contributed by atoms with van der Waals surface area (Å²) < 4.78 is 68.3. The third kappa shape index (κ3) is 64.6. The van der Waals surface area contributed by atoms with Crippen molar-refractivity contribution in [3.05, 3.63) is 0 Å². The smallest absolute Gasteiger partial charge is 0.462 e. The number of phosphoric acid groups is 2. The fourth-order valence-corrected chi connectivity index (χ4v) is 12.2. The number of carbonyl (C=O) groups excluding carboxylic acids is 4. The van der Waals surface area contributed by atoms with Crippen LogP contribution < -0.4 is 0 Å². The SMILES string of the molecule is CCCCCCCCCCCCCCCC(=O)O[C@H](COC(=O)CCCCCCCCCCCC)COP(=O)(O)OC[C@H](O)COP(=O)(O)OC[C@@H](COC(=O)CCCCCCCCCCCCC(C)C)OC(=O)CCCCCCCCCCCCC(C)C. The Morgan fingerprint density at radius 2 is 0.517 bits per heavy atom. The van der Waals surface area contributed by atoms with Gasteiger partial charge >= 0.3 is 39.5 Å². The second-order valence-corrected chi connectivity index (χ2v) is 29.1. The van der Waals surface area contributed by atoms with Gasteiger partial charge in [0.15, 0.2) is 12.2 Å². The predicted molar refractivity (Wildman–Crippen MR) is 358 cm³/mol. The Labute approximate surface area is 543 Å². The van der Waals surface area contributed by atoms with Crippen LogP contribution in [0.4, 0.5) is 0 Å². The molecule has 528 valence electrons. The van der Waals surface area contributed by atoms with Crippen molar-refractivity contribution in [1.29, 1.82) is 0 Å². The fraction of sp³-hybridized carbons (Fsp3) is 0.943. The van der Waals surface area contributed by atoms with Gasteiger partial charge in [-0.15, -0.1) is 0 Å². The number of esters is 4. The number of hydrogen-bond donors (Lipinski definition) is 3. The molecule has 0 saturated carbocycles. The highest BCUT2D eigenvalue weighted by Crippen LogP contribution is 2.45. The average Bonchev–Trinajstić information content (AvgIpc) is 3.65. The molecule has 0 aromatic rings. The molecule has 3 N–H and O–H groups in total. The first kappa shape index (κ1) is 87.1. The molecule has 0 aliphatic rings. The highest BCUT2D eigenvalue weighted by Gasteiger charge is 2.30. The zero-order chi connectivity index (χ0) is 65.7. The third-order valence-corrected chi connectivity index (χ3v) is 18.1. The van der Waals surface area contributed by atoms with E-state index in [1.54, 1.807) is 0 Å². The van der Waals surface area contributed by atoms with Crippen molar-refractivity contribution >= 4 is 39.5 Å². The molecule has 19 heteroatoms. The molecule has 0 aromatic heterocycles. The summed E-state index contributed by atoms with van der Waals surface area (Å²) in [4.78, 5) is 72.5. The third-order valence-electron chi connectivity index (χ3n) is 16.2. The maximum atomic E-state index is 13.0. The van der Waals surface area contributed by atoms with Gasteiger partial charge in [0.25, 0.3) is 0 Å². The second-order valence-electron chi connectivity index (χ2n) is 26.2. The summed E-state index contributed by atoms with van der Waals surface area (Å²) >= 11 is 0. The number of aliphatic hydroxyl groups is 1. The van der Waals surface area contributed by atoms with Crippen molar-refractivity contribution in [3.8, 4) is 0 Å². The Hall–Kier alpha value is -1.94. The van der Waals surface area contributed by atoms with E-state index in [1.807, 2.05) is 0 Å². The van der Waals surface area contributed by atoms with Crippen molar-refractivity contribution < 1.29 is 80.2 Å². The van der Waals surface area contributed by atoms with Crippen LogP contribution in [0.25, 0.3) is 0 Å². The number of hydrogen-bond acceptors (Lipinski definition) is 15. The molecule has 0 bridgehead atoms. The highest BCUT2D eigenvalue weighted by atomic mass is 31.2. The minimum absolute atomic E-state index is 0.106. The van der Waals surface area contributed by atoms with E-state index in [4.69, 9.17) is 37.0 Å². The summed E-state index contributed by atoms with van der Waals surface area (Å²) in [6.45, 7) is 9.53. The van der Waals surface area contributed by atoms with Crippen LogP contribution in [0.5, 0.6) is 0 Å². The van der Waals surface area contributed by atoms with Crippen molar-refractivity contribution in [3.63, 3.8) is 0 Å². The largest absolute Gasteiger partial charge is 0.472 e. The lowest BCUT2D eigenvalue weighted by molar-refractivity contribution is -0.161. The molecule has 17 nitrogen and oxygen atoms in total. The molecule has 0 radical (unpaired) electrons. The molecule has 89 heavy (non-hydrogen) atoms. The van der Waals surface area contributed by atoms with Gasteiger partial charge in [0, 0.05) is 25.7 Å². The summed E-state index contributed by atoms with van der Waals surface area (Å²) in [7, 11) is -9.90. The molecule has 0 aromatic carbocycles. The van der Waals surface area contributed by atoms with Crippen LogP contribution in [-0.4, -0.2) is 96.7 Å². The minimum atomic E-state index is -4.95. The maximum absolute atomic E-state index is 13.0. The van der Waals surface area contributed by atoms with Gasteiger partial charge in [0.05, 0.1) is 26.4 Å². The quantitative estimate of drug-likeness (QED) is 0.0222. The molecule has 0 aliphatic carbocycles. The molecule has 5 atom stereocenters. The van der Waals surface area contributed by atoms with Crippen LogP contribution in [-0.2, 0) is 65.4 Å². The summed E-state index contributed by atoms with van der Waals surface area (Å²) in [5, 5.41) is 10.6. The van der Waals surface area contributed by atoms with Gasteiger partial charge < -0.3 is 33.8 Å². The molecular weight excluding hydrogens is 1170 g/mol. The van der Waals surface area contributed by atoms with E-state index in [1.165, 1.54) is 173 Å². The van der Waals surface area contributed by atoms with E-state index in [0.29, 0.717) is 25.7 Å². The van der Waals surface area contributed by atoms with Gasteiger partial charge in [-0.1, -0.05) is 305 Å². The van der Waals surface area contributed by atoms with Crippen LogP contribution in [0.2, 0.25) is 0 Å². The fourth-order valence-electron chi connectivity index (χ4n) is 10.6. The first-order chi connectivity index (χ1) is 42.9. The molecule has 0 spiro atoms. The summed E-state index contributed by atoms with van der Waals surface area (Å²) in [6, 6.07) is 0. The van der Waals surface area contributed by atoms with Crippen LogP contribution in [0.15, 0.2) is 0 Å². The zero-order valence-electron chi connectivity index (χ0n) is 57.7. The predicted octanol–water partition coefficient (Wildman–Crippen LogP) is 20.0. The average molecular weight is 1310 g/mol. The number of ether oxygens (including phenoxy) is 4. The molecule has 0 amide bonds. The van der Waals surface area contributed by atoms with Crippen LogP contribution in [0.1, 0.15) is 356 Å². The normalized spacial score (nSPS) is 14.1. The molecule has 0 aliphatic heterocycles. The number of rotatable bonds is 69. The molecule has 0 rings (SSSR count). The zero-order valence-corrected chi connectivity index (χ0v) is 59.5. The Morgan fingerprint density at radius 1 is 0.303 bits per heavy atom. The maximum Gasteiger partial charge on any atom is 0.472 e. The van der Waals surface area contributed by atoms with Crippen LogP contribution >= 0.6 is 15.6 Å². The summed E-state index contributed by atoms with van der Waals surface area (Å²) in [6.07, 6.45) is 47.0. The first-order valence-corrected chi connectivity index (χ1v) is 39.5. The molecular formula is C70H136O17P2. The minimum Gasteiger partial charge on any atom is -0.462 e. The summed E-state index contributed by atoms with van der Waals surface area (Å²) in [5.74, 6) is -0.612. The first-order valence-electron chi connectivity index (χ1n) is 36.5. The van der Waals surface area contributed by atoms with E-state index in [9.17, 15) is 43.2 Å².